The Hall–Kier alpha value is -3.56. The Morgan fingerprint density at radius 1 is 1.18 bits per heavy atom. The van der Waals surface area contributed by atoms with Crippen LogP contribution in [0.25, 0.3) is 11.0 Å². The van der Waals surface area contributed by atoms with Gasteiger partial charge < -0.3 is 20.9 Å². The van der Waals surface area contributed by atoms with Gasteiger partial charge in [-0.15, -0.1) is 0 Å². The number of fused-ring (bicyclic) bond motifs is 1. The lowest BCUT2D eigenvalue weighted by atomic mass is 10.1. The summed E-state index contributed by atoms with van der Waals surface area (Å²) in [6, 6.07) is 10.1. The number of carbonyl (C=O) groups excluding carboxylic acids is 1. The molecule has 3 aromatic rings. The zero-order valence-electron chi connectivity index (χ0n) is 14.6. The number of aromatic amines is 1. The lowest BCUT2D eigenvalue weighted by Crippen LogP contribution is -2.32. The number of rotatable bonds is 4. The second-order valence-electron chi connectivity index (χ2n) is 5.85. The first-order valence-electron chi connectivity index (χ1n) is 8.19. The first-order chi connectivity index (χ1) is 13.3. The van der Waals surface area contributed by atoms with Gasteiger partial charge in [-0.25, -0.2) is 9.78 Å². The Balaban J connectivity index is 2.09. The highest BCUT2D eigenvalue weighted by molar-refractivity contribution is 5.82. The molecule has 0 saturated carbocycles. The summed E-state index contributed by atoms with van der Waals surface area (Å²) in [5.74, 6) is 0.195. The number of aromatic nitrogens is 2. The number of urea groups is 1. The van der Waals surface area contributed by atoms with E-state index in [1.54, 1.807) is 30.3 Å². The molecule has 2 heterocycles. The Morgan fingerprint density at radius 2 is 1.89 bits per heavy atom. The quantitative estimate of drug-likeness (QED) is 0.549. The third-order valence-corrected chi connectivity index (χ3v) is 3.86. The molecule has 0 fully saturated rings. The van der Waals surface area contributed by atoms with Gasteiger partial charge in [0.2, 0.25) is 0 Å². The fourth-order valence-corrected chi connectivity index (χ4v) is 2.62. The minimum absolute atomic E-state index is 0.0454. The second kappa shape index (κ2) is 7.59. The van der Waals surface area contributed by atoms with Crippen LogP contribution in [0.1, 0.15) is 11.3 Å². The highest BCUT2D eigenvalue weighted by Crippen LogP contribution is 2.33. The van der Waals surface area contributed by atoms with Gasteiger partial charge in [-0.3, -0.25) is 4.79 Å². The molecule has 0 bridgehead atoms. The average Bonchev–Trinajstić information content (AvgIpc) is 2.65. The lowest BCUT2D eigenvalue weighted by molar-refractivity contribution is -0.136. The molecule has 3 rings (SSSR count). The third kappa shape index (κ3) is 4.22. The Bertz CT molecular complexity index is 1060. The van der Waals surface area contributed by atoms with Crippen LogP contribution in [-0.4, -0.2) is 23.0 Å². The smallest absolute Gasteiger partial charge is 0.342 e. The van der Waals surface area contributed by atoms with Crippen LogP contribution in [0.15, 0.2) is 47.3 Å². The van der Waals surface area contributed by atoms with Gasteiger partial charge in [0, 0.05) is 18.8 Å². The first kappa shape index (κ1) is 19.2. The van der Waals surface area contributed by atoms with E-state index in [0.717, 1.165) is 12.1 Å². The van der Waals surface area contributed by atoms with Crippen molar-refractivity contribution in [2.75, 3.05) is 12.4 Å². The van der Waals surface area contributed by atoms with Crippen molar-refractivity contribution >= 4 is 28.6 Å². The van der Waals surface area contributed by atoms with Crippen molar-refractivity contribution in [3.05, 3.63) is 63.9 Å². The van der Waals surface area contributed by atoms with E-state index in [1.807, 2.05) is 0 Å². The number of carbonyl (C=O) groups is 1. The maximum absolute atomic E-state index is 13.5. The number of para-hydroxylation sites is 1. The number of pyridine rings is 2. The second-order valence-corrected chi connectivity index (χ2v) is 5.85. The Kier molecular flexibility index (Phi) is 5.21. The molecule has 0 saturated heterocycles. The summed E-state index contributed by atoms with van der Waals surface area (Å²) in [4.78, 5) is 30.5. The van der Waals surface area contributed by atoms with Gasteiger partial charge in [0.15, 0.2) is 5.43 Å². The predicted molar refractivity (Wildman–Crippen MR) is 98.4 cm³/mol. The predicted octanol–water partition coefficient (Wildman–Crippen LogP) is 3.11. The van der Waals surface area contributed by atoms with Gasteiger partial charge in [-0.1, -0.05) is 18.2 Å². The zero-order valence-corrected chi connectivity index (χ0v) is 14.6. The van der Waals surface area contributed by atoms with E-state index < -0.39 is 28.6 Å². The number of nitrogens with zero attached hydrogens (tertiary/aromatic N) is 1. The van der Waals surface area contributed by atoms with E-state index in [0.29, 0.717) is 5.69 Å². The molecule has 0 radical (unpaired) electrons. The standard InChI is InChI=1S/C18H16F3N5O2/c1-22-17(28)23-9-11-7-12(18(19,20)21)15-13(27)8-14(26-16(15)25-11)24-10-5-3-2-4-6-10/h2-8H,9H2,1H3,(H2,22,23,28)(H2,24,25,26,27). The fourth-order valence-electron chi connectivity index (χ4n) is 2.62. The van der Waals surface area contributed by atoms with Crippen LogP contribution in [0.5, 0.6) is 0 Å². The molecule has 0 aliphatic heterocycles. The number of alkyl halides is 3. The van der Waals surface area contributed by atoms with Crippen LogP contribution in [0.3, 0.4) is 0 Å². The number of hydrogen-bond donors (Lipinski definition) is 4. The summed E-state index contributed by atoms with van der Waals surface area (Å²) in [6.45, 7) is -0.239. The molecule has 28 heavy (non-hydrogen) atoms. The number of nitrogens with one attached hydrogen (secondary N) is 4. The van der Waals surface area contributed by atoms with Crippen molar-refractivity contribution < 1.29 is 18.0 Å². The van der Waals surface area contributed by atoms with Gasteiger partial charge in [0.25, 0.3) is 0 Å². The summed E-state index contributed by atoms with van der Waals surface area (Å²) >= 11 is 0. The highest BCUT2D eigenvalue weighted by Gasteiger charge is 2.34. The number of H-pyrrole nitrogens is 1. The topological polar surface area (TPSA) is 98.9 Å². The van der Waals surface area contributed by atoms with E-state index in [4.69, 9.17) is 0 Å². The van der Waals surface area contributed by atoms with Gasteiger partial charge in [0.05, 0.1) is 23.2 Å². The van der Waals surface area contributed by atoms with Gasteiger partial charge in [-0.05, 0) is 18.2 Å². The highest BCUT2D eigenvalue weighted by atomic mass is 19.4. The minimum atomic E-state index is -4.76. The van der Waals surface area contributed by atoms with Crippen LogP contribution in [-0.2, 0) is 12.7 Å². The normalized spacial score (nSPS) is 11.3. The molecule has 2 amide bonds. The molecule has 1 aromatic carbocycles. The molecule has 7 nitrogen and oxygen atoms in total. The maximum Gasteiger partial charge on any atom is 0.417 e. The molecular weight excluding hydrogens is 375 g/mol. The van der Waals surface area contributed by atoms with Crippen LogP contribution in [0, 0.1) is 0 Å². The molecular formula is C18H16F3N5O2. The van der Waals surface area contributed by atoms with E-state index in [2.05, 4.69) is 25.9 Å². The molecule has 0 aliphatic carbocycles. The van der Waals surface area contributed by atoms with Gasteiger partial charge >= 0.3 is 12.2 Å². The Labute approximate surface area is 157 Å². The van der Waals surface area contributed by atoms with Crippen LogP contribution in [0.4, 0.5) is 29.5 Å². The monoisotopic (exact) mass is 391 g/mol. The Morgan fingerprint density at radius 3 is 2.54 bits per heavy atom. The van der Waals surface area contributed by atoms with Crippen molar-refractivity contribution in [1.82, 2.24) is 20.6 Å². The number of hydrogen-bond acceptors (Lipinski definition) is 4. The number of halogens is 3. The molecule has 146 valence electrons. The summed E-state index contributed by atoms with van der Waals surface area (Å²) in [5, 5.41) is 7.03. The summed E-state index contributed by atoms with van der Waals surface area (Å²) < 4.78 is 40.5. The molecule has 0 aliphatic rings. The van der Waals surface area contributed by atoms with Gasteiger partial charge in [0.1, 0.15) is 11.5 Å². The maximum atomic E-state index is 13.5. The van der Waals surface area contributed by atoms with E-state index in [9.17, 15) is 22.8 Å². The molecule has 0 atom stereocenters. The van der Waals surface area contributed by atoms with Crippen LogP contribution in [0.2, 0.25) is 0 Å². The van der Waals surface area contributed by atoms with Crippen molar-refractivity contribution in [1.29, 1.82) is 0 Å². The minimum Gasteiger partial charge on any atom is -0.342 e. The molecule has 4 N–H and O–H groups in total. The average molecular weight is 391 g/mol. The number of anilines is 2. The van der Waals surface area contributed by atoms with E-state index >= 15 is 0 Å². The largest absolute Gasteiger partial charge is 0.417 e. The SMILES string of the molecule is CNC(=O)NCc1cc(C(F)(F)F)c2c(=O)cc(Nc3ccccc3)[nH]c2n1. The van der Waals surface area contributed by atoms with Crippen molar-refractivity contribution in [3.8, 4) is 0 Å². The third-order valence-electron chi connectivity index (χ3n) is 3.86. The molecule has 2 aromatic heterocycles. The van der Waals surface area contributed by atoms with Crippen molar-refractivity contribution in [2.24, 2.45) is 0 Å². The summed E-state index contributed by atoms with van der Waals surface area (Å²) in [7, 11) is 1.38. The van der Waals surface area contributed by atoms with Crippen molar-refractivity contribution in [2.45, 2.75) is 12.7 Å². The molecule has 10 heteroatoms. The van der Waals surface area contributed by atoms with Gasteiger partial charge in [-0.2, -0.15) is 13.2 Å². The number of benzene rings is 1. The van der Waals surface area contributed by atoms with E-state index in [-0.39, 0.29) is 23.7 Å². The molecule has 0 spiro atoms. The van der Waals surface area contributed by atoms with Crippen LogP contribution < -0.4 is 21.4 Å². The van der Waals surface area contributed by atoms with E-state index in [1.165, 1.54) is 7.05 Å². The molecule has 0 unspecified atom stereocenters. The fraction of sp³-hybridized carbons (Fsp3) is 0.167. The lowest BCUT2D eigenvalue weighted by Gasteiger charge is -2.14. The summed E-state index contributed by atoms with van der Waals surface area (Å²) in [6.07, 6.45) is -4.76. The van der Waals surface area contributed by atoms with Crippen molar-refractivity contribution in [3.63, 3.8) is 0 Å². The van der Waals surface area contributed by atoms with Crippen LogP contribution >= 0.6 is 0 Å². The summed E-state index contributed by atoms with van der Waals surface area (Å²) in [5.41, 5.74) is -1.56. The zero-order chi connectivity index (χ0) is 20.3. The first-order valence-corrected chi connectivity index (χ1v) is 8.19. The number of amides is 2.